The number of rotatable bonds is 8. The van der Waals surface area contributed by atoms with E-state index in [4.69, 9.17) is 0 Å². The highest BCUT2D eigenvalue weighted by molar-refractivity contribution is 6.67. The Hall–Kier alpha value is 0.134. The van der Waals surface area contributed by atoms with Crippen LogP contribution in [0.1, 0.15) is 41.0 Å². The molecule has 0 saturated heterocycles. The Labute approximate surface area is 119 Å². The largest absolute Gasteiger partial charge is 0.317 e. The van der Waals surface area contributed by atoms with Crippen molar-refractivity contribution >= 4 is 17.6 Å². The van der Waals surface area contributed by atoms with Gasteiger partial charge in [-0.25, -0.2) is 0 Å². The molecule has 1 atom stereocenters. The first-order valence-electron chi connectivity index (χ1n) is 7.59. The van der Waals surface area contributed by atoms with Crippen LogP contribution in [0.25, 0.3) is 0 Å². The van der Waals surface area contributed by atoms with E-state index >= 15 is 0 Å². The molecule has 0 aliphatic carbocycles. The summed E-state index contributed by atoms with van der Waals surface area (Å²) in [5.74, 6) is 0. The van der Waals surface area contributed by atoms with E-state index in [0.717, 1.165) is 0 Å². The van der Waals surface area contributed by atoms with Gasteiger partial charge in [0.2, 0.25) is 0 Å². The van der Waals surface area contributed by atoms with Crippen molar-refractivity contribution in [3.8, 4) is 0 Å². The zero-order valence-electron chi connectivity index (χ0n) is 13.8. The summed E-state index contributed by atoms with van der Waals surface area (Å²) in [5.41, 5.74) is 4.11. The molecule has 108 valence electrons. The van der Waals surface area contributed by atoms with Gasteiger partial charge in [0, 0.05) is 8.80 Å². The Morgan fingerprint density at radius 1 is 1.06 bits per heavy atom. The molecule has 0 heterocycles. The summed E-state index contributed by atoms with van der Waals surface area (Å²) in [7, 11) is -1.10. The van der Waals surface area contributed by atoms with Crippen molar-refractivity contribution in [1.82, 2.24) is 5.32 Å². The smallest absolute Gasteiger partial charge is 0.0667 e. The summed E-state index contributed by atoms with van der Waals surface area (Å²) < 4.78 is 0. The number of hydrogen-bond acceptors (Lipinski definition) is 1. The quantitative estimate of drug-likeness (QED) is 0.525. The lowest BCUT2D eigenvalue weighted by atomic mass is 10.2. The van der Waals surface area contributed by atoms with Gasteiger partial charge in [-0.15, -0.1) is 0 Å². The second-order valence-corrected chi connectivity index (χ2v) is 14.5. The highest BCUT2D eigenvalue weighted by Crippen LogP contribution is 2.31. The van der Waals surface area contributed by atoms with Crippen LogP contribution in [-0.2, 0) is 0 Å². The number of nitrogens with one attached hydrogen (secondary N) is 1. The summed E-state index contributed by atoms with van der Waals surface area (Å²) in [5, 5.41) is 4.14. The van der Waals surface area contributed by atoms with Crippen molar-refractivity contribution in [1.29, 1.82) is 0 Å². The Morgan fingerprint density at radius 3 is 2.11 bits per heavy atom. The topological polar surface area (TPSA) is 12.0 Å². The molecule has 0 bridgehead atoms. The summed E-state index contributed by atoms with van der Waals surface area (Å²) in [4.78, 5) is 0. The lowest BCUT2D eigenvalue weighted by Gasteiger charge is -2.27. The zero-order chi connectivity index (χ0) is 14.2. The van der Waals surface area contributed by atoms with Gasteiger partial charge in [0.05, 0.1) is 8.80 Å². The second kappa shape index (κ2) is 9.10. The molecule has 1 unspecified atom stereocenters. The maximum Gasteiger partial charge on any atom is 0.0667 e. The highest BCUT2D eigenvalue weighted by Gasteiger charge is 2.23. The first kappa shape index (κ1) is 18.1. The van der Waals surface area contributed by atoms with Crippen molar-refractivity contribution in [2.24, 2.45) is 0 Å². The van der Waals surface area contributed by atoms with Crippen LogP contribution in [0.2, 0.25) is 30.2 Å². The average molecular weight is 286 g/mol. The van der Waals surface area contributed by atoms with E-state index in [1.165, 1.54) is 37.2 Å². The third-order valence-electron chi connectivity index (χ3n) is 3.41. The fourth-order valence-electron chi connectivity index (χ4n) is 2.13. The van der Waals surface area contributed by atoms with Gasteiger partial charge in [-0.2, -0.15) is 0 Å². The van der Waals surface area contributed by atoms with Crippen LogP contribution < -0.4 is 5.32 Å². The van der Waals surface area contributed by atoms with E-state index in [1.807, 2.05) is 0 Å². The van der Waals surface area contributed by atoms with E-state index in [9.17, 15) is 0 Å². The van der Waals surface area contributed by atoms with Crippen molar-refractivity contribution in [2.75, 3.05) is 13.1 Å². The van der Waals surface area contributed by atoms with Crippen LogP contribution in [0.3, 0.4) is 0 Å². The van der Waals surface area contributed by atoms with E-state index in [2.05, 4.69) is 58.7 Å². The molecule has 0 aliphatic heterocycles. The van der Waals surface area contributed by atoms with Crippen molar-refractivity contribution in [2.45, 2.75) is 71.3 Å². The van der Waals surface area contributed by atoms with Gasteiger partial charge in [-0.1, -0.05) is 51.2 Å². The average Bonchev–Trinajstić information content (AvgIpc) is 2.18. The molecule has 1 N–H and O–H groups in total. The summed E-state index contributed by atoms with van der Waals surface area (Å²) in [6, 6.07) is 2.88. The normalized spacial score (nSPS) is 13.8. The van der Waals surface area contributed by atoms with Gasteiger partial charge in [-0.3, -0.25) is 0 Å². The molecular weight excluding hydrogens is 250 g/mol. The Balaban J connectivity index is 3.89. The summed E-state index contributed by atoms with van der Waals surface area (Å²) in [6.45, 7) is 19.1. The van der Waals surface area contributed by atoms with Crippen molar-refractivity contribution in [3.05, 3.63) is 11.3 Å². The van der Waals surface area contributed by atoms with Crippen LogP contribution in [0.4, 0.5) is 0 Å². The van der Waals surface area contributed by atoms with Crippen molar-refractivity contribution < 1.29 is 0 Å². The number of allylic oxidation sites excluding steroid dienone is 1. The van der Waals surface area contributed by atoms with Crippen molar-refractivity contribution in [3.63, 3.8) is 0 Å². The van der Waals surface area contributed by atoms with Crippen LogP contribution in [0.15, 0.2) is 11.3 Å². The minimum absolute atomic E-state index is 0.352. The third kappa shape index (κ3) is 10.1. The molecule has 18 heavy (non-hydrogen) atoms. The predicted octanol–water partition coefficient (Wildman–Crippen LogP) is 3.99. The molecule has 0 rings (SSSR count). The molecule has 0 aliphatic rings. The zero-order valence-corrected chi connectivity index (χ0v) is 16.1. The van der Waals surface area contributed by atoms with Gasteiger partial charge in [0.25, 0.3) is 0 Å². The monoisotopic (exact) mass is 285 g/mol. The van der Waals surface area contributed by atoms with Gasteiger partial charge in [0.15, 0.2) is 0 Å². The molecule has 0 aromatic rings. The van der Waals surface area contributed by atoms with Crippen LogP contribution in [0, 0.1) is 0 Å². The summed E-state index contributed by atoms with van der Waals surface area (Å²) in [6.07, 6.45) is 1.36. The van der Waals surface area contributed by atoms with Crippen LogP contribution >= 0.6 is 0 Å². The molecule has 0 amide bonds. The first-order chi connectivity index (χ1) is 8.23. The van der Waals surface area contributed by atoms with E-state index in [0.29, 0.717) is 5.04 Å². The minimum Gasteiger partial charge on any atom is -0.317 e. The Bertz CT molecular complexity index is 237. The molecule has 0 aromatic carbocycles. The molecule has 0 saturated carbocycles. The van der Waals surface area contributed by atoms with E-state index in [-0.39, 0.29) is 8.80 Å². The molecular formula is C15H35NSi2. The minimum atomic E-state index is -0.745. The highest BCUT2D eigenvalue weighted by atomic mass is 28.3. The van der Waals surface area contributed by atoms with Gasteiger partial charge < -0.3 is 5.32 Å². The van der Waals surface area contributed by atoms with Gasteiger partial charge >= 0.3 is 0 Å². The molecule has 0 aromatic heterocycles. The maximum atomic E-state index is 3.61. The fourth-order valence-corrected chi connectivity index (χ4v) is 5.89. The van der Waals surface area contributed by atoms with E-state index < -0.39 is 8.80 Å². The molecule has 1 nitrogen and oxygen atoms in total. The molecule has 0 radical (unpaired) electrons. The molecule has 3 heteroatoms. The third-order valence-corrected chi connectivity index (χ3v) is 9.18. The Kier molecular flexibility index (Phi) is 9.17. The molecule has 0 spiro atoms. The molecule has 0 fully saturated rings. The summed E-state index contributed by atoms with van der Waals surface area (Å²) >= 11 is 0. The fraction of sp³-hybridized carbons (Fsp3) is 0.867. The van der Waals surface area contributed by atoms with Crippen LogP contribution in [0.5, 0.6) is 0 Å². The Morgan fingerprint density at radius 2 is 1.67 bits per heavy atom. The van der Waals surface area contributed by atoms with Gasteiger partial charge in [0.1, 0.15) is 0 Å². The second-order valence-electron chi connectivity index (χ2n) is 7.29. The lowest BCUT2D eigenvalue weighted by molar-refractivity contribution is 0.682. The van der Waals surface area contributed by atoms with E-state index in [1.54, 1.807) is 0 Å². The number of hydrogen-bond donors (Lipinski definition) is 1. The predicted molar refractivity (Wildman–Crippen MR) is 92.3 cm³/mol. The first-order valence-corrected chi connectivity index (χ1v) is 12.8. The van der Waals surface area contributed by atoms with Gasteiger partial charge in [-0.05, 0) is 44.4 Å². The SMILES string of the molecule is CC(C)=C[SiH](CCCNCC[SiH](C)C)C(C)(C)C. The lowest BCUT2D eigenvalue weighted by Crippen LogP contribution is -2.26. The standard InChI is InChI=1S/C15H35NSi2/c1-14(2)13-18(15(3,4)5)11-8-9-16-10-12-17(6)7/h13,16-18H,8-12H2,1-7H3. The maximum absolute atomic E-state index is 3.61. The van der Waals surface area contributed by atoms with Crippen LogP contribution in [-0.4, -0.2) is 30.7 Å².